The summed E-state index contributed by atoms with van der Waals surface area (Å²) in [4.78, 5) is 77.7. The monoisotopic (exact) mass is 727 g/mol. The number of aromatic amines is 2. The number of aromatic nitrogens is 4. The van der Waals surface area contributed by atoms with Crippen LogP contribution in [-0.4, -0.2) is 116 Å². The van der Waals surface area contributed by atoms with Crippen LogP contribution in [-0.2, 0) is 48.3 Å². The Morgan fingerprint density at radius 2 is 0.894 bits per heavy atom. The van der Waals surface area contributed by atoms with Crippen molar-refractivity contribution in [2.75, 3.05) is 28.2 Å². The fourth-order valence-corrected chi connectivity index (χ4v) is 2.66. The molecule has 2 amide bonds. The van der Waals surface area contributed by atoms with Crippen molar-refractivity contribution in [3.63, 3.8) is 0 Å². The summed E-state index contributed by atoms with van der Waals surface area (Å²) in [6.45, 7) is 0. The first-order valence-corrected chi connectivity index (χ1v) is 10.8. The maximum Gasteiger partial charge on any atom is 2.00 e. The number of H-pyrrole nitrogens is 2. The smallest absolute Gasteiger partial charge is 0.545 e. The minimum absolute atomic E-state index is 0. The molecule has 23 heteroatoms. The number of carboxylic acid groups (broad SMARTS) is 4. The van der Waals surface area contributed by atoms with Gasteiger partial charge in [-0.3, -0.25) is 9.59 Å². The molecule has 0 bridgehead atoms. The van der Waals surface area contributed by atoms with Gasteiger partial charge in [-0.05, 0) is 24.3 Å². The van der Waals surface area contributed by atoms with Gasteiger partial charge in [-0.15, -0.1) is 0 Å². The summed E-state index contributed by atoms with van der Waals surface area (Å²) < 4.78 is 0. The van der Waals surface area contributed by atoms with Gasteiger partial charge in [0.05, 0.1) is 57.8 Å². The van der Waals surface area contributed by atoms with Crippen molar-refractivity contribution < 1.29 is 98.8 Å². The average molecular weight is 728 g/mol. The van der Waals surface area contributed by atoms with Crippen LogP contribution in [0.2, 0.25) is 0 Å². The minimum atomic E-state index is -1.53. The first-order valence-electron chi connectivity index (χ1n) is 10.8. The molecule has 0 aliphatic heterocycles. The van der Waals surface area contributed by atoms with Gasteiger partial charge in [-0.25, -0.2) is 19.6 Å². The Morgan fingerprint density at radius 1 is 0.638 bits per heavy atom. The number of carboxylic acids is 4. The van der Waals surface area contributed by atoms with Crippen molar-refractivity contribution in [2.24, 2.45) is 0 Å². The number of aromatic carboxylic acids is 4. The summed E-state index contributed by atoms with van der Waals surface area (Å²) >= 11 is 0. The van der Waals surface area contributed by atoms with E-state index in [1.54, 1.807) is 28.2 Å². The molecule has 4 rings (SSSR count). The van der Waals surface area contributed by atoms with Gasteiger partial charge in [0.25, 0.3) is 0 Å². The molecule has 0 saturated heterocycles. The van der Waals surface area contributed by atoms with Gasteiger partial charge < -0.3 is 82.6 Å². The molecule has 22 nitrogen and oxygen atoms in total. The Hall–Kier alpha value is -5.53. The van der Waals surface area contributed by atoms with Crippen molar-refractivity contribution in [1.82, 2.24) is 29.7 Å². The van der Waals surface area contributed by atoms with Gasteiger partial charge in [0.1, 0.15) is 0 Å². The van der Waals surface area contributed by atoms with Crippen LogP contribution < -0.4 is 10.2 Å². The largest absolute Gasteiger partial charge is 2.00 e. The van der Waals surface area contributed by atoms with Crippen molar-refractivity contribution in [2.45, 2.75) is 0 Å². The Balaban J connectivity index is -0.0000000952. The van der Waals surface area contributed by atoms with Gasteiger partial charge in [0.15, 0.2) is 0 Å². The number of benzene rings is 2. The molecule has 2 heterocycles. The van der Waals surface area contributed by atoms with Crippen LogP contribution >= 0.6 is 0 Å². The van der Waals surface area contributed by atoms with Crippen LogP contribution in [0.4, 0.5) is 0 Å². The quantitative estimate of drug-likeness (QED) is 0.106. The number of nitrogens with one attached hydrogen (secondary N) is 2. The van der Waals surface area contributed by atoms with Gasteiger partial charge in [-0.1, -0.05) is 0 Å². The molecular formula is C24H40CoN6O16+4. The predicted molar refractivity (Wildman–Crippen MR) is 161 cm³/mol. The maximum atomic E-state index is 10.8. The summed E-state index contributed by atoms with van der Waals surface area (Å²) in [7, 11) is 6.75. The summed E-state index contributed by atoms with van der Waals surface area (Å²) in [5.74, 6) is -5.69. The number of rotatable bonds is 6. The zero-order chi connectivity index (χ0) is 30.6. The SMILES string of the molecule is CN(C)C=O.CN(C)C=O.O.O.O=C([O-])c1cc2nc[nH]c2cc1C(=O)O.O=C([O-])c1cc2nc[nH]c2cc1C(=O)O.[Co+2].[OH3+].[OH3+].[OH3+].[OH3+]. The number of nitrogens with zero attached hydrogens (tertiary/aromatic N) is 4. The molecular weight excluding hydrogens is 687 g/mol. The summed E-state index contributed by atoms with van der Waals surface area (Å²) in [6, 6.07) is 4.78. The number of carbonyl (C=O) groups is 6. The Labute approximate surface area is 274 Å². The third-order valence-corrected chi connectivity index (χ3v) is 4.44. The van der Waals surface area contributed by atoms with E-state index in [4.69, 9.17) is 10.2 Å². The molecule has 47 heavy (non-hydrogen) atoms. The number of amides is 2. The molecule has 0 unspecified atom stereocenters. The third-order valence-electron chi connectivity index (χ3n) is 4.44. The van der Waals surface area contributed by atoms with Crippen molar-refractivity contribution >= 4 is 58.8 Å². The van der Waals surface area contributed by atoms with E-state index in [0.29, 0.717) is 22.1 Å². The predicted octanol–water partition coefficient (Wildman–Crippen LogP) is -6.68. The fourth-order valence-electron chi connectivity index (χ4n) is 2.66. The normalized spacial score (nSPS) is 8.09. The summed E-state index contributed by atoms with van der Waals surface area (Å²) in [6.07, 6.45) is 4.21. The van der Waals surface area contributed by atoms with Gasteiger partial charge in [0.2, 0.25) is 12.8 Å². The Bertz CT molecular complexity index is 1330. The fraction of sp³-hybridized carbons (Fsp3) is 0.167. The van der Waals surface area contributed by atoms with Crippen LogP contribution in [0.3, 0.4) is 0 Å². The van der Waals surface area contributed by atoms with Crippen LogP contribution in [0, 0.1) is 0 Å². The Kier molecular flexibility index (Phi) is 32.6. The Morgan fingerprint density at radius 3 is 1.09 bits per heavy atom. The molecule has 0 atom stereocenters. The van der Waals surface area contributed by atoms with Crippen LogP contribution in [0.5, 0.6) is 0 Å². The second-order valence-electron chi connectivity index (χ2n) is 7.96. The molecule has 0 aliphatic rings. The number of fused-ring (bicyclic) bond motifs is 2. The van der Waals surface area contributed by atoms with Crippen LogP contribution in [0.15, 0.2) is 36.9 Å². The van der Waals surface area contributed by atoms with E-state index in [9.17, 15) is 39.0 Å². The maximum absolute atomic E-state index is 10.8. The second-order valence-corrected chi connectivity index (χ2v) is 7.96. The molecule has 20 N–H and O–H groups in total. The standard InChI is InChI=1S/2C9H6N2O4.2C3H7NO.Co.6H2O/c2*12-8(13)4-1-6-7(11-3-10-6)2-5(4)9(14)15;2*1-4(2)3-5;;;;;;;/h2*1-3H,(H,10,11)(H,12,13)(H,14,15);2*3H,1-2H3;;6*1H2/q;;;;+2;;;;;;/p+2. The zero-order valence-electron chi connectivity index (χ0n) is 25.2. The zero-order valence-corrected chi connectivity index (χ0v) is 26.3. The number of hydrogen-bond acceptors (Lipinski definition) is 10. The van der Waals surface area contributed by atoms with Gasteiger partial charge in [0, 0.05) is 39.3 Å². The summed E-state index contributed by atoms with van der Waals surface area (Å²) in [5, 5.41) is 38.9. The van der Waals surface area contributed by atoms with E-state index >= 15 is 0 Å². The topological polar surface area (TPSA) is 448 Å². The number of carbonyl (C=O) groups excluding carboxylic acids is 4. The van der Waals surface area contributed by atoms with E-state index in [1.807, 2.05) is 0 Å². The molecule has 0 saturated carbocycles. The second kappa shape index (κ2) is 26.8. The molecule has 0 spiro atoms. The average Bonchev–Trinajstić information content (AvgIpc) is 3.56. The molecule has 4 aromatic rings. The first kappa shape index (κ1) is 57.2. The minimum Gasteiger partial charge on any atom is -0.545 e. The molecule has 267 valence electrons. The van der Waals surface area contributed by atoms with Crippen molar-refractivity contribution in [1.29, 1.82) is 0 Å². The van der Waals surface area contributed by atoms with E-state index in [1.165, 1.54) is 46.7 Å². The number of hydrogen-bond donors (Lipinski definition) is 4. The van der Waals surface area contributed by atoms with Gasteiger partial charge in [-0.2, -0.15) is 0 Å². The van der Waals surface area contributed by atoms with Crippen molar-refractivity contribution in [3.8, 4) is 0 Å². The van der Waals surface area contributed by atoms with Gasteiger partial charge >= 0.3 is 28.7 Å². The molecule has 0 aliphatic carbocycles. The van der Waals surface area contributed by atoms with E-state index in [-0.39, 0.29) is 71.9 Å². The van der Waals surface area contributed by atoms with E-state index in [0.717, 1.165) is 12.8 Å². The van der Waals surface area contributed by atoms with Crippen LogP contribution in [0.25, 0.3) is 22.1 Å². The third kappa shape index (κ3) is 17.5. The molecule has 0 fully saturated rings. The number of imidazole rings is 2. The molecule has 2 aromatic heterocycles. The van der Waals surface area contributed by atoms with E-state index in [2.05, 4.69) is 19.9 Å². The van der Waals surface area contributed by atoms with E-state index < -0.39 is 23.9 Å². The first-order chi connectivity index (χ1) is 18.7. The van der Waals surface area contributed by atoms with Crippen LogP contribution in [0.1, 0.15) is 41.4 Å². The molecule has 1 radical (unpaired) electrons. The summed E-state index contributed by atoms with van der Waals surface area (Å²) in [5.41, 5.74) is 0.343. The molecule has 2 aromatic carbocycles. The van der Waals surface area contributed by atoms with Crippen molar-refractivity contribution in [3.05, 3.63) is 59.2 Å².